The summed E-state index contributed by atoms with van der Waals surface area (Å²) in [7, 11) is 1.62. The molecule has 172 valence electrons. The van der Waals surface area contributed by atoms with E-state index < -0.39 is 5.91 Å². The van der Waals surface area contributed by atoms with Gasteiger partial charge in [0.15, 0.2) is 6.61 Å². The summed E-state index contributed by atoms with van der Waals surface area (Å²) in [5.74, 6) is 0.438. The number of amides is 2. The molecule has 0 aliphatic heterocycles. The molecular formula is C26H24N4O4. The summed E-state index contributed by atoms with van der Waals surface area (Å²) in [6.45, 7) is 0.200. The van der Waals surface area contributed by atoms with Crippen molar-refractivity contribution in [3.63, 3.8) is 0 Å². The molecule has 1 heterocycles. The van der Waals surface area contributed by atoms with Crippen LogP contribution < -0.4 is 20.1 Å². The minimum Gasteiger partial charge on any atom is -0.497 e. The molecule has 1 aromatic heterocycles. The highest BCUT2D eigenvalue weighted by Crippen LogP contribution is 2.21. The topological polar surface area (TPSA) is 102 Å². The van der Waals surface area contributed by atoms with Crippen LogP contribution in [0.4, 0.5) is 5.69 Å². The van der Waals surface area contributed by atoms with E-state index in [1.807, 2.05) is 48.5 Å². The van der Waals surface area contributed by atoms with Gasteiger partial charge >= 0.3 is 0 Å². The number of rotatable bonds is 9. The molecule has 8 heteroatoms. The number of carbonyl (C=O) groups is 2. The largest absolute Gasteiger partial charge is 0.497 e. The Bertz CT molecular complexity index is 1290. The monoisotopic (exact) mass is 456 g/mol. The number of carbonyl (C=O) groups excluding carboxylic acids is 2. The minimum absolute atomic E-state index is 0.256. The Morgan fingerprint density at radius 2 is 1.68 bits per heavy atom. The summed E-state index contributed by atoms with van der Waals surface area (Å²) >= 11 is 0. The molecule has 0 spiro atoms. The van der Waals surface area contributed by atoms with E-state index in [1.165, 1.54) is 6.33 Å². The number of methoxy groups -OCH3 is 1. The second-order valence-electron chi connectivity index (χ2n) is 7.43. The molecule has 0 atom stereocenters. The van der Waals surface area contributed by atoms with Crippen molar-refractivity contribution in [2.24, 2.45) is 0 Å². The van der Waals surface area contributed by atoms with Crippen LogP contribution in [0.3, 0.4) is 0 Å². The fraction of sp³-hybridized carbons (Fsp3) is 0.154. The first-order valence-corrected chi connectivity index (χ1v) is 10.8. The molecular weight excluding hydrogens is 432 g/mol. The molecule has 0 bridgehead atoms. The standard InChI is InChI=1S/C26H24N4O4/c1-33-19-12-10-18(11-13-19)14-15-27-25(32)20-6-2-5-9-23(20)30-24(31)16-34-26-21-7-3-4-8-22(21)28-17-29-26/h2-13,17H,14-16H2,1H3,(H,27,32)(H,30,31). The smallest absolute Gasteiger partial charge is 0.262 e. The molecule has 0 unspecified atom stereocenters. The number of hydrogen-bond acceptors (Lipinski definition) is 6. The minimum atomic E-state index is -0.402. The highest BCUT2D eigenvalue weighted by atomic mass is 16.5. The SMILES string of the molecule is COc1ccc(CCNC(=O)c2ccccc2NC(=O)COc2ncnc3ccccc23)cc1. The number of fused-ring (bicyclic) bond motifs is 1. The lowest BCUT2D eigenvalue weighted by atomic mass is 10.1. The Hall–Kier alpha value is -4.46. The highest BCUT2D eigenvalue weighted by molar-refractivity contribution is 6.04. The molecule has 2 amide bonds. The van der Waals surface area contributed by atoms with E-state index in [-0.39, 0.29) is 12.5 Å². The maximum absolute atomic E-state index is 12.7. The van der Waals surface area contributed by atoms with Gasteiger partial charge < -0.3 is 20.1 Å². The number of nitrogens with zero attached hydrogens (tertiary/aromatic N) is 2. The summed E-state index contributed by atoms with van der Waals surface area (Å²) in [5.41, 5.74) is 2.59. The van der Waals surface area contributed by atoms with Crippen LogP contribution in [-0.4, -0.2) is 42.0 Å². The molecule has 4 rings (SSSR count). The van der Waals surface area contributed by atoms with E-state index in [1.54, 1.807) is 31.4 Å². The molecule has 34 heavy (non-hydrogen) atoms. The molecule has 8 nitrogen and oxygen atoms in total. The normalized spacial score (nSPS) is 10.5. The van der Waals surface area contributed by atoms with Crippen LogP contribution in [-0.2, 0) is 11.2 Å². The van der Waals surface area contributed by atoms with Gasteiger partial charge in [-0.05, 0) is 48.4 Å². The van der Waals surface area contributed by atoms with Crippen LogP contribution in [0.25, 0.3) is 10.9 Å². The first-order chi connectivity index (χ1) is 16.6. The van der Waals surface area contributed by atoms with Crippen molar-refractivity contribution >= 4 is 28.4 Å². The molecule has 2 N–H and O–H groups in total. The highest BCUT2D eigenvalue weighted by Gasteiger charge is 2.14. The van der Waals surface area contributed by atoms with Gasteiger partial charge in [0.2, 0.25) is 5.88 Å². The van der Waals surface area contributed by atoms with Crippen LogP contribution >= 0.6 is 0 Å². The Balaban J connectivity index is 1.33. The van der Waals surface area contributed by atoms with E-state index in [0.717, 1.165) is 22.2 Å². The lowest BCUT2D eigenvalue weighted by molar-refractivity contribution is -0.118. The van der Waals surface area contributed by atoms with E-state index in [4.69, 9.17) is 9.47 Å². The van der Waals surface area contributed by atoms with Gasteiger partial charge in [0.25, 0.3) is 11.8 Å². The summed E-state index contributed by atoms with van der Waals surface area (Å²) < 4.78 is 10.8. The summed E-state index contributed by atoms with van der Waals surface area (Å²) in [6.07, 6.45) is 2.06. The van der Waals surface area contributed by atoms with Crippen molar-refractivity contribution < 1.29 is 19.1 Å². The van der Waals surface area contributed by atoms with Crippen LogP contribution in [0.15, 0.2) is 79.1 Å². The number of para-hydroxylation sites is 2. The van der Waals surface area contributed by atoms with Crippen LogP contribution in [0.5, 0.6) is 11.6 Å². The van der Waals surface area contributed by atoms with Gasteiger partial charge in [-0.1, -0.05) is 36.4 Å². The average molecular weight is 457 g/mol. The average Bonchev–Trinajstić information content (AvgIpc) is 2.88. The van der Waals surface area contributed by atoms with Gasteiger partial charge in [-0.15, -0.1) is 0 Å². The number of hydrogen-bond donors (Lipinski definition) is 2. The Labute approximate surface area is 197 Å². The van der Waals surface area contributed by atoms with Gasteiger partial charge in [0.05, 0.1) is 29.3 Å². The van der Waals surface area contributed by atoms with Crippen molar-refractivity contribution in [2.75, 3.05) is 25.6 Å². The molecule has 0 radical (unpaired) electrons. The molecule has 0 saturated heterocycles. The molecule has 0 aliphatic carbocycles. The number of benzene rings is 3. The van der Waals surface area contributed by atoms with Crippen molar-refractivity contribution in [3.05, 3.63) is 90.3 Å². The van der Waals surface area contributed by atoms with Gasteiger partial charge in [-0.2, -0.15) is 0 Å². The molecule has 0 fully saturated rings. The third-order valence-corrected chi connectivity index (χ3v) is 5.15. The third-order valence-electron chi connectivity index (χ3n) is 5.15. The van der Waals surface area contributed by atoms with Crippen molar-refractivity contribution in [1.29, 1.82) is 0 Å². The molecule has 3 aromatic carbocycles. The molecule has 4 aromatic rings. The molecule has 0 aliphatic rings. The number of anilines is 1. The van der Waals surface area contributed by atoms with Crippen molar-refractivity contribution in [2.45, 2.75) is 6.42 Å². The van der Waals surface area contributed by atoms with Gasteiger partial charge in [0.1, 0.15) is 12.1 Å². The number of aromatic nitrogens is 2. The second kappa shape index (κ2) is 10.9. The Kier molecular flexibility index (Phi) is 7.29. The first kappa shape index (κ1) is 22.7. The van der Waals surface area contributed by atoms with Crippen LogP contribution in [0, 0.1) is 0 Å². The lowest BCUT2D eigenvalue weighted by Gasteiger charge is -2.12. The number of nitrogens with one attached hydrogen (secondary N) is 2. The lowest BCUT2D eigenvalue weighted by Crippen LogP contribution is -2.28. The zero-order chi connectivity index (χ0) is 23.8. The van der Waals surface area contributed by atoms with E-state index in [9.17, 15) is 9.59 Å². The Morgan fingerprint density at radius 3 is 2.50 bits per heavy atom. The van der Waals surface area contributed by atoms with Crippen LogP contribution in [0.1, 0.15) is 15.9 Å². The van der Waals surface area contributed by atoms with E-state index in [0.29, 0.717) is 30.1 Å². The quantitative estimate of drug-likeness (QED) is 0.399. The van der Waals surface area contributed by atoms with Crippen LogP contribution in [0.2, 0.25) is 0 Å². The predicted octanol–water partition coefficient (Wildman–Crippen LogP) is 3.63. The van der Waals surface area contributed by atoms with Gasteiger partial charge in [-0.25, -0.2) is 9.97 Å². The fourth-order valence-corrected chi connectivity index (χ4v) is 3.41. The Morgan fingerprint density at radius 1 is 0.912 bits per heavy atom. The maximum Gasteiger partial charge on any atom is 0.262 e. The zero-order valence-corrected chi connectivity index (χ0v) is 18.7. The van der Waals surface area contributed by atoms with E-state index >= 15 is 0 Å². The first-order valence-electron chi connectivity index (χ1n) is 10.8. The second-order valence-corrected chi connectivity index (χ2v) is 7.43. The van der Waals surface area contributed by atoms with Crippen molar-refractivity contribution in [1.82, 2.24) is 15.3 Å². The summed E-state index contributed by atoms with van der Waals surface area (Å²) in [5, 5.41) is 6.36. The fourth-order valence-electron chi connectivity index (χ4n) is 3.41. The van der Waals surface area contributed by atoms with Gasteiger partial charge in [0, 0.05) is 6.54 Å². The van der Waals surface area contributed by atoms with Gasteiger partial charge in [-0.3, -0.25) is 9.59 Å². The maximum atomic E-state index is 12.7. The third kappa shape index (κ3) is 5.66. The summed E-state index contributed by atoms with van der Waals surface area (Å²) in [4.78, 5) is 33.6. The van der Waals surface area contributed by atoms with E-state index in [2.05, 4.69) is 20.6 Å². The summed E-state index contributed by atoms with van der Waals surface area (Å²) in [6, 6.07) is 21.9. The zero-order valence-electron chi connectivity index (χ0n) is 18.7. The number of ether oxygens (including phenoxy) is 2. The van der Waals surface area contributed by atoms with Crippen molar-refractivity contribution in [3.8, 4) is 11.6 Å². The molecule has 0 saturated carbocycles. The predicted molar refractivity (Wildman–Crippen MR) is 129 cm³/mol.